The van der Waals surface area contributed by atoms with Crippen molar-refractivity contribution >= 4 is 5.91 Å². The van der Waals surface area contributed by atoms with Gasteiger partial charge >= 0.3 is 0 Å². The summed E-state index contributed by atoms with van der Waals surface area (Å²) in [5, 5.41) is 0. The molecule has 0 N–H and O–H groups in total. The molecule has 2 aromatic rings. The van der Waals surface area contributed by atoms with Gasteiger partial charge in [0.1, 0.15) is 11.6 Å². The van der Waals surface area contributed by atoms with E-state index < -0.39 is 0 Å². The van der Waals surface area contributed by atoms with Crippen molar-refractivity contribution in [1.29, 1.82) is 0 Å². The van der Waals surface area contributed by atoms with E-state index in [1.807, 2.05) is 36.4 Å². The first-order chi connectivity index (χ1) is 12.2. The van der Waals surface area contributed by atoms with Crippen LogP contribution in [0.1, 0.15) is 47.5 Å². The zero-order valence-corrected chi connectivity index (χ0v) is 14.3. The van der Waals surface area contributed by atoms with Crippen molar-refractivity contribution < 1.29 is 13.9 Å². The van der Waals surface area contributed by atoms with Crippen molar-refractivity contribution in [3.8, 4) is 5.75 Å². The number of fused-ring (bicyclic) bond motifs is 2. The smallest absolute Gasteiger partial charge is 0.254 e. The standard InChI is InChI=1S/C21H22FNO2/c1-25-20-4-2-3-15(13-20)21(24)23-18-9-10-19(23)12-16(11-18)14-5-7-17(22)8-6-14/h2-8,13,16,18-19H,9-12H2,1H3/t16-,18+,19-. The van der Waals surface area contributed by atoms with Gasteiger partial charge in [-0.2, -0.15) is 0 Å². The highest BCUT2D eigenvalue weighted by atomic mass is 19.1. The second kappa shape index (κ2) is 6.51. The first kappa shape index (κ1) is 16.1. The van der Waals surface area contributed by atoms with Crippen LogP contribution in [-0.4, -0.2) is 30.0 Å². The number of halogens is 1. The summed E-state index contributed by atoms with van der Waals surface area (Å²) in [6.45, 7) is 0. The summed E-state index contributed by atoms with van der Waals surface area (Å²) in [6.07, 6.45) is 4.02. The van der Waals surface area contributed by atoms with E-state index in [-0.39, 0.29) is 23.8 Å². The molecule has 0 saturated carbocycles. The van der Waals surface area contributed by atoms with Gasteiger partial charge in [-0.1, -0.05) is 18.2 Å². The van der Waals surface area contributed by atoms with Crippen molar-refractivity contribution in [2.24, 2.45) is 0 Å². The summed E-state index contributed by atoms with van der Waals surface area (Å²) >= 11 is 0. The fourth-order valence-corrected chi connectivity index (χ4v) is 4.42. The molecule has 0 radical (unpaired) electrons. The average Bonchev–Trinajstić information content (AvgIpc) is 2.91. The predicted molar refractivity (Wildman–Crippen MR) is 94.3 cm³/mol. The lowest BCUT2D eigenvalue weighted by Gasteiger charge is -2.39. The molecular weight excluding hydrogens is 317 g/mol. The topological polar surface area (TPSA) is 29.5 Å². The van der Waals surface area contributed by atoms with Gasteiger partial charge in [0.2, 0.25) is 0 Å². The first-order valence-corrected chi connectivity index (χ1v) is 8.88. The lowest BCUT2D eigenvalue weighted by atomic mass is 9.85. The van der Waals surface area contributed by atoms with Crippen LogP contribution >= 0.6 is 0 Å². The molecule has 2 aliphatic heterocycles. The minimum Gasteiger partial charge on any atom is -0.497 e. The second-order valence-corrected chi connectivity index (χ2v) is 7.05. The third-order valence-electron chi connectivity index (χ3n) is 5.63. The summed E-state index contributed by atoms with van der Waals surface area (Å²) in [4.78, 5) is 15.1. The zero-order valence-electron chi connectivity index (χ0n) is 14.3. The summed E-state index contributed by atoms with van der Waals surface area (Å²) in [5.74, 6) is 1.02. The largest absolute Gasteiger partial charge is 0.497 e. The van der Waals surface area contributed by atoms with Gasteiger partial charge in [-0.05, 0) is 67.5 Å². The van der Waals surface area contributed by atoms with E-state index in [4.69, 9.17) is 4.74 Å². The third-order valence-corrected chi connectivity index (χ3v) is 5.63. The van der Waals surface area contributed by atoms with Crippen molar-refractivity contribution in [3.05, 3.63) is 65.5 Å². The zero-order chi connectivity index (χ0) is 17.4. The molecule has 2 heterocycles. The van der Waals surface area contributed by atoms with Crippen LogP contribution in [0.4, 0.5) is 4.39 Å². The molecule has 130 valence electrons. The Morgan fingerprint density at radius 2 is 1.76 bits per heavy atom. The van der Waals surface area contributed by atoms with Crippen LogP contribution in [0.15, 0.2) is 48.5 Å². The van der Waals surface area contributed by atoms with E-state index in [0.29, 0.717) is 17.2 Å². The molecule has 3 nitrogen and oxygen atoms in total. The molecule has 0 aromatic heterocycles. The van der Waals surface area contributed by atoms with Crippen molar-refractivity contribution in [3.63, 3.8) is 0 Å². The highest BCUT2D eigenvalue weighted by molar-refractivity contribution is 5.95. The van der Waals surface area contributed by atoms with Crippen LogP contribution in [0.3, 0.4) is 0 Å². The number of ether oxygens (including phenoxy) is 1. The number of benzene rings is 2. The molecule has 4 heteroatoms. The van der Waals surface area contributed by atoms with Crippen LogP contribution in [0, 0.1) is 5.82 Å². The molecule has 0 unspecified atom stereocenters. The number of hydrogen-bond donors (Lipinski definition) is 0. The molecule has 4 rings (SSSR count). The number of carbonyl (C=O) groups excluding carboxylic acids is 1. The Labute approximate surface area is 147 Å². The van der Waals surface area contributed by atoms with E-state index in [2.05, 4.69) is 4.90 Å². The maximum Gasteiger partial charge on any atom is 0.254 e. The number of rotatable bonds is 3. The Morgan fingerprint density at radius 3 is 2.40 bits per heavy atom. The van der Waals surface area contributed by atoms with Crippen molar-refractivity contribution in [2.45, 2.75) is 43.7 Å². The van der Waals surface area contributed by atoms with Gasteiger partial charge in [-0.3, -0.25) is 4.79 Å². The first-order valence-electron chi connectivity index (χ1n) is 8.88. The Kier molecular flexibility index (Phi) is 4.20. The molecule has 1 amide bonds. The fourth-order valence-electron chi connectivity index (χ4n) is 4.42. The highest BCUT2D eigenvalue weighted by Crippen LogP contribution is 2.43. The molecule has 2 saturated heterocycles. The van der Waals surface area contributed by atoms with Crippen molar-refractivity contribution in [2.75, 3.05) is 7.11 Å². The number of nitrogens with zero attached hydrogens (tertiary/aromatic N) is 1. The predicted octanol–water partition coefficient (Wildman–Crippen LogP) is 4.39. The number of amides is 1. The maximum atomic E-state index is 13.2. The van der Waals surface area contributed by atoms with E-state index in [9.17, 15) is 9.18 Å². The average molecular weight is 339 g/mol. The second-order valence-electron chi connectivity index (χ2n) is 7.05. The molecule has 2 fully saturated rings. The Balaban J connectivity index is 1.54. The highest BCUT2D eigenvalue weighted by Gasteiger charge is 2.43. The van der Waals surface area contributed by atoms with Crippen LogP contribution in [0.2, 0.25) is 0 Å². The molecule has 2 bridgehead atoms. The Morgan fingerprint density at radius 1 is 1.08 bits per heavy atom. The van der Waals surface area contributed by atoms with Gasteiger partial charge in [0, 0.05) is 17.6 Å². The van der Waals surface area contributed by atoms with Crippen LogP contribution in [0.25, 0.3) is 0 Å². The molecule has 25 heavy (non-hydrogen) atoms. The fraction of sp³-hybridized carbons (Fsp3) is 0.381. The minimum atomic E-state index is -0.197. The lowest BCUT2D eigenvalue weighted by molar-refractivity contribution is 0.0571. The Hall–Kier alpha value is -2.36. The normalized spacial score (nSPS) is 25.0. The summed E-state index contributed by atoms with van der Waals surface area (Å²) in [6, 6.07) is 14.8. The molecule has 2 aliphatic rings. The quantitative estimate of drug-likeness (QED) is 0.830. The van der Waals surface area contributed by atoms with E-state index in [0.717, 1.165) is 25.7 Å². The number of piperidine rings is 1. The summed E-state index contributed by atoms with van der Waals surface area (Å²) in [5.41, 5.74) is 1.88. The number of carbonyl (C=O) groups is 1. The monoisotopic (exact) mass is 339 g/mol. The number of hydrogen-bond acceptors (Lipinski definition) is 2. The number of methoxy groups -OCH3 is 1. The van der Waals surface area contributed by atoms with Gasteiger partial charge in [0.05, 0.1) is 7.11 Å². The molecular formula is C21H22FNO2. The van der Waals surface area contributed by atoms with Crippen LogP contribution in [-0.2, 0) is 0 Å². The lowest BCUT2D eigenvalue weighted by Crippen LogP contribution is -2.46. The third kappa shape index (κ3) is 3.01. The SMILES string of the molecule is COc1cccc(C(=O)N2[C@@H]3CC[C@H]2C[C@@H](c2ccc(F)cc2)C3)c1. The maximum absolute atomic E-state index is 13.2. The van der Waals surface area contributed by atoms with Crippen molar-refractivity contribution in [1.82, 2.24) is 4.90 Å². The molecule has 3 atom stereocenters. The van der Waals surface area contributed by atoms with Gasteiger partial charge in [0.25, 0.3) is 5.91 Å². The molecule has 2 aromatic carbocycles. The van der Waals surface area contributed by atoms with Gasteiger partial charge < -0.3 is 9.64 Å². The van der Waals surface area contributed by atoms with Crippen LogP contribution < -0.4 is 4.74 Å². The molecule has 0 spiro atoms. The van der Waals surface area contributed by atoms with Gasteiger partial charge in [-0.15, -0.1) is 0 Å². The summed E-state index contributed by atoms with van der Waals surface area (Å²) < 4.78 is 18.4. The van der Waals surface area contributed by atoms with Gasteiger partial charge in [-0.25, -0.2) is 4.39 Å². The Bertz CT molecular complexity index is 760. The minimum absolute atomic E-state index is 0.101. The van der Waals surface area contributed by atoms with Crippen LogP contribution in [0.5, 0.6) is 5.75 Å². The molecule has 0 aliphatic carbocycles. The van der Waals surface area contributed by atoms with Gasteiger partial charge in [0.15, 0.2) is 0 Å². The summed E-state index contributed by atoms with van der Waals surface area (Å²) in [7, 11) is 1.61. The van der Waals surface area contributed by atoms with E-state index >= 15 is 0 Å². The van der Waals surface area contributed by atoms with E-state index in [1.165, 1.54) is 17.7 Å². The van der Waals surface area contributed by atoms with E-state index in [1.54, 1.807) is 7.11 Å².